The first-order valence-electron chi connectivity index (χ1n) is 4.73. The van der Waals surface area contributed by atoms with Crippen LogP contribution in [0.3, 0.4) is 0 Å². The summed E-state index contributed by atoms with van der Waals surface area (Å²) in [6, 6.07) is 0. The van der Waals surface area contributed by atoms with Crippen LogP contribution in [0.4, 0.5) is 10.7 Å². The fourth-order valence-corrected chi connectivity index (χ4v) is 2.27. The van der Waals surface area contributed by atoms with Crippen LogP contribution in [-0.2, 0) is 4.74 Å². The molecule has 0 aromatic carbocycles. The highest BCUT2D eigenvalue weighted by molar-refractivity contribution is 7.19. The lowest BCUT2D eigenvalue weighted by atomic mass is 10.2. The van der Waals surface area contributed by atoms with Gasteiger partial charge in [-0.3, -0.25) is 9.59 Å². The molecular weight excluding hydrogens is 244 g/mol. The number of hydrogen-bond acceptors (Lipinski definition) is 6. The van der Waals surface area contributed by atoms with E-state index in [1.54, 1.807) is 7.11 Å². The van der Waals surface area contributed by atoms with E-state index in [4.69, 9.17) is 21.9 Å². The minimum absolute atomic E-state index is 0.0231. The number of rotatable bonds is 6. The molecule has 0 saturated carbocycles. The minimum atomic E-state index is -0.703. The summed E-state index contributed by atoms with van der Waals surface area (Å²) in [5.74, 6) is -1.39. The number of hydrogen-bond donors (Lipinski definition) is 4. The zero-order valence-corrected chi connectivity index (χ0v) is 10.1. The van der Waals surface area contributed by atoms with Crippen molar-refractivity contribution in [3.63, 3.8) is 0 Å². The summed E-state index contributed by atoms with van der Waals surface area (Å²) in [5, 5.41) is 3.35. The summed E-state index contributed by atoms with van der Waals surface area (Å²) < 4.78 is 4.85. The van der Waals surface area contributed by atoms with Crippen molar-refractivity contribution in [3.8, 4) is 0 Å². The van der Waals surface area contributed by atoms with Gasteiger partial charge in [-0.1, -0.05) is 0 Å². The molecule has 17 heavy (non-hydrogen) atoms. The Bertz CT molecular complexity index is 444. The van der Waals surface area contributed by atoms with E-state index in [0.717, 1.165) is 11.3 Å². The summed E-state index contributed by atoms with van der Waals surface area (Å²) in [5.41, 5.74) is 16.1. The number of carbonyl (C=O) groups is 2. The van der Waals surface area contributed by atoms with Crippen LogP contribution in [0.25, 0.3) is 0 Å². The van der Waals surface area contributed by atoms with Gasteiger partial charge in [-0.05, 0) is 0 Å². The van der Waals surface area contributed by atoms with Gasteiger partial charge in [0.1, 0.15) is 9.88 Å². The molecule has 8 heteroatoms. The lowest BCUT2D eigenvalue weighted by Gasteiger charge is -2.04. The molecular formula is C9H14N4O3S. The largest absolute Gasteiger partial charge is 0.397 e. The summed E-state index contributed by atoms with van der Waals surface area (Å²) in [7, 11) is 1.55. The van der Waals surface area contributed by atoms with Gasteiger partial charge in [0.2, 0.25) is 0 Å². The molecule has 0 unspecified atom stereocenters. The molecule has 0 atom stereocenters. The van der Waals surface area contributed by atoms with Gasteiger partial charge in [-0.25, -0.2) is 0 Å². The molecule has 0 aliphatic carbocycles. The molecule has 1 heterocycles. The van der Waals surface area contributed by atoms with Gasteiger partial charge >= 0.3 is 0 Å². The van der Waals surface area contributed by atoms with Gasteiger partial charge in [-0.15, -0.1) is 11.3 Å². The van der Waals surface area contributed by atoms with Crippen molar-refractivity contribution >= 4 is 33.8 Å². The third-order valence-corrected chi connectivity index (χ3v) is 3.18. The third-order valence-electron chi connectivity index (χ3n) is 2.01. The molecule has 0 bridgehead atoms. The molecule has 94 valence electrons. The van der Waals surface area contributed by atoms with Gasteiger partial charge in [0, 0.05) is 13.7 Å². The van der Waals surface area contributed by atoms with Crippen molar-refractivity contribution in [1.29, 1.82) is 0 Å². The first-order valence-corrected chi connectivity index (χ1v) is 5.55. The van der Waals surface area contributed by atoms with E-state index in [1.807, 2.05) is 0 Å². The Balaban J connectivity index is 3.06. The molecule has 1 aromatic heterocycles. The van der Waals surface area contributed by atoms with Gasteiger partial charge in [0.25, 0.3) is 11.8 Å². The molecule has 7 N–H and O–H groups in total. The van der Waals surface area contributed by atoms with Crippen molar-refractivity contribution in [3.05, 3.63) is 10.4 Å². The zero-order chi connectivity index (χ0) is 13.0. The second kappa shape index (κ2) is 5.51. The van der Waals surface area contributed by atoms with Crippen LogP contribution in [0, 0.1) is 0 Å². The maximum atomic E-state index is 11.2. The molecule has 1 aromatic rings. The summed E-state index contributed by atoms with van der Waals surface area (Å²) in [4.78, 5) is 22.4. The van der Waals surface area contributed by atoms with E-state index in [1.165, 1.54) is 0 Å². The normalized spacial score (nSPS) is 10.2. The Labute approximate surface area is 102 Å². The number of nitrogens with two attached hydrogens (primary N) is 3. The molecule has 0 aliphatic heterocycles. The summed E-state index contributed by atoms with van der Waals surface area (Å²) >= 11 is 1.01. The molecule has 0 radical (unpaired) electrons. The SMILES string of the molecule is COCCNc1sc(C(N)=O)c(N)c1C(N)=O. The van der Waals surface area contributed by atoms with Crippen LogP contribution in [0.1, 0.15) is 20.0 Å². The quantitative estimate of drug-likeness (QED) is 0.514. The van der Waals surface area contributed by atoms with Crippen LogP contribution in [-0.4, -0.2) is 32.1 Å². The first-order chi connectivity index (χ1) is 7.99. The van der Waals surface area contributed by atoms with Crippen LogP contribution in [0.5, 0.6) is 0 Å². The lowest BCUT2D eigenvalue weighted by molar-refractivity contribution is 0.0999. The van der Waals surface area contributed by atoms with Crippen LogP contribution < -0.4 is 22.5 Å². The maximum absolute atomic E-state index is 11.2. The number of carbonyl (C=O) groups excluding carboxylic acids is 2. The Morgan fingerprint density at radius 1 is 1.35 bits per heavy atom. The van der Waals surface area contributed by atoms with E-state index >= 15 is 0 Å². The number of ether oxygens (including phenoxy) is 1. The average molecular weight is 258 g/mol. The van der Waals surface area contributed by atoms with E-state index < -0.39 is 11.8 Å². The van der Waals surface area contributed by atoms with Crippen LogP contribution in [0.15, 0.2) is 0 Å². The Hall–Kier alpha value is -1.80. The average Bonchev–Trinajstić information content (AvgIpc) is 2.56. The monoisotopic (exact) mass is 258 g/mol. The summed E-state index contributed by atoms with van der Waals surface area (Å²) in [6.07, 6.45) is 0. The number of thiophene rings is 1. The van der Waals surface area contributed by atoms with Gasteiger partial charge < -0.3 is 27.3 Å². The Morgan fingerprint density at radius 2 is 2.00 bits per heavy atom. The van der Waals surface area contributed by atoms with Gasteiger partial charge in [0.05, 0.1) is 17.9 Å². The van der Waals surface area contributed by atoms with E-state index in [0.29, 0.717) is 18.2 Å². The number of amides is 2. The fraction of sp³-hybridized carbons (Fsp3) is 0.333. The molecule has 2 amide bonds. The van der Waals surface area contributed by atoms with E-state index in [-0.39, 0.29) is 16.1 Å². The van der Waals surface area contributed by atoms with Crippen molar-refractivity contribution in [2.24, 2.45) is 11.5 Å². The first kappa shape index (κ1) is 13.3. The Morgan fingerprint density at radius 3 is 2.47 bits per heavy atom. The summed E-state index contributed by atoms with van der Waals surface area (Å²) in [6.45, 7) is 0.914. The smallest absolute Gasteiger partial charge is 0.260 e. The molecule has 0 aliphatic rings. The van der Waals surface area contributed by atoms with E-state index in [2.05, 4.69) is 5.32 Å². The number of methoxy groups -OCH3 is 1. The van der Waals surface area contributed by atoms with Crippen molar-refractivity contribution in [2.45, 2.75) is 0 Å². The third kappa shape index (κ3) is 2.86. The number of primary amides is 2. The highest BCUT2D eigenvalue weighted by atomic mass is 32.1. The van der Waals surface area contributed by atoms with Gasteiger partial charge in [0.15, 0.2) is 0 Å². The van der Waals surface area contributed by atoms with Crippen molar-refractivity contribution in [1.82, 2.24) is 0 Å². The second-order valence-corrected chi connectivity index (χ2v) is 4.22. The number of nitrogen functional groups attached to an aromatic ring is 1. The highest BCUT2D eigenvalue weighted by Gasteiger charge is 2.22. The molecule has 0 saturated heterocycles. The topological polar surface area (TPSA) is 133 Å². The fourth-order valence-electron chi connectivity index (χ4n) is 1.26. The highest BCUT2D eigenvalue weighted by Crippen LogP contribution is 2.34. The number of anilines is 2. The molecule has 0 fully saturated rings. The Kier molecular flexibility index (Phi) is 4.30. The molecule has 7 nitrogen and oxygen atoms in total. The predicted molar refractivity (Wildman–Crippen MR) is 66.1 cm³/mol. The minimum Gasteiger partial charge on any atom is -0.397 e. The van der Waals surface area contributed by atoms with Crippen LogP contribution >= 0.6 is 11.3 Å². The standard InChI is InChI=1S/C9H14N4O3S/c1-16-3-2-13-9-4(7(11)14)5(10)6(17-9)8(12)15/h13H,2-3,10H2,1H3,(H2,11,14)(H2,12,15). The van der Waals surface area contributed by atoms with Crippen molar-refractivity contribution < 1.29 is 14.3 Å². The van der Waals surface area contributed by atoms with Gasteiger partial charge in [-0.2, -0.15) is 0 Å². The molecule has 0 spiro atoms. The second-order valence-electron chi connectivity index (χ2n) is 3.20. The van der Waals surface area contributed by atoms with Crippen LogP contribution in [0.2, 0.25) is 0 Å². The molecule has 1 rings (SSSR count). The maximum Gasteiger partial charge on any atom is 0.260 e. The number of nitrogens with one attached hydrogen (secondary N) is 1. The lowest BCUT2D eigenvalue weighted by Crippen LogP contribution is -2.17. The zero-order valence-electron chi connectivity index (χ0n) is 9.28. The van der Waals surface area contributed by atoms with E-state index in [9.17, 15) is 9.59 Å². The predicted octanol–water partition coefficient (Wildman–Crippen LogP) is -0.414. The van der Waals surface area contributed by atoms with Crippen molar-refractivity contribution in [2.75, 3.05) is 31.3 Å².